The van der Waals surface area contributed by atoms with Crippen LogP contribution in [0.25, 0.3) is 10.9 Å². The highest BCUT2D eigenvalue weighted by atomic mass is 32.1. The van der Waals surface area contributed by atoms with Crippen LogP contribution in [0.3, 0.4) is 0 Å². The van der Waals surface area contributed by atoms with Crippen LogP contribution in [-0.2, 0) is 4.74 Å². The van der Waals surface area contributed by atoms with Gasteiger partial charge in [-0.2, -0.15) is 0 Å². The number of fused-ring (bicyclic) bond motifs is 1. The number of methoxy groups -OCH3 is 1. The minimum Gasteiger partial charge on any atom is -0.464 e. The lowest BCUT2D eigenvalue weighted by molar-refractivity contribution is 0.0595. The van der Waals surface area contributed by atoms with E-state index in [9.17, 15) is 9.59 Å². The molecular weight excluding hydrogens is 288 g/mol. The highest BCUT2D eigenvalue weighted by Gasteiger charge is 2.20. The van der Waals surface area contributed by atoms with Gasteiger partial charge in [0.2, 0.25) is 5.78 Å². The lowest BCUT2D eigenvalue weighted by Crippen LogP contribution is -2.04. The van der Waals surface area contributed by atoms with Gasteiger partial charge in [0, 0.05) is 22.5 Å². The molecule has 0 atom stereocenters. The van der Waals surface area contributed by atoms with E-state index in [4.69, 9.17) is 0 Å². The number of nitrogens with zero attached hydrogens (tertiary/aromatic N) is 1. The van der Waals surface area contributed by atoms with E-state index in [1.165, 1.54) is 12.5 Å². The summed E-state index contributed by atoms with van der Waals surface area (Å²) in [6.07, 6.45) is 1.67. The summed E-state index contributed by atoms with van der Waals surface area (Å²) in [4.78, 5) is 31.0. The van der Waals surface area contributed by atoms with Crippen LogP contribution in [0.5, 0.6) is 0 Å². The van der Waals surface area contributed by atoms with E-state index >= 15 is 0 Å². The van der Waals surface area contributed by atoms with Crippen LogP contribution in [0.4, 0.5) is 0 Å². The van der Waals surface area contributed by atoms with Gasteiger partial charge in [0.15, 0.2) is 10.7 Å². The Morgan fingerprint density at radius 2 is 2.14 bits per heavy atom. The van der Waals surface area contributed by atoms with E-state index in [0.29, 0.717) is 5.56 Å². The standard InChI is InChI=1S/C15H12N2O3S/c1-8-3-4-11-9(5-8)10(6-16-11)13(18)14-17-12(7-21-14)15(19)20-2/h3-7,16H,1-2H3. The second-order valence-electron chi connectivity index (χ2n) is 4.61. The average Bonchev–Trinajstić information content (AvgIpc) is 3.12. The van der Waals surface area contributed by atoms with Gasteiger partial charge >= 0.3 is 5.97 Å². The maximum Gasteiger partial charge on any atom is 0.357 e. The number of hydrogen-bond donors (Lipinski definition) is 1. The number of aromatic amines is 1. The first-order valence-electron chi connectivity index (χ1n) is 6.26. The van der Waals surface area contributed by atoms with Crippen LogP contribution in [0.2, 0.25) is 0 Å². The number of H-pyrrole nitrogens is 1. The van der Waals surface area contributed by atoms with E-state index in [2.05, 4.69) is 14.7 Å². The molecule has 1 aromatic carbocycles. The molecule has 3 aromatic rings. The topological polar surface area (TPSA) is 72.1 Å². The Kier molecular flexibility index (Phi) is 3.31. The molecule has 106 valence electrons. The Bertz CT molecular complexity index is 848. The highest BCUT2D eigenvalue weighted by molar-refractivity contribution is 7.12. The van der Waals surface area contributed by atoms with E-state index in [1.54, 1.807) is 6.20 Å². The largest absolute Gasteiger partial charge is 0.464 e. The van der Waals surface area contributed by atoms with Crippen molar-refractivity contribution in [3.8, 4) is 0 Å². The van der Waals surface area contributed by atoms with Gasteiger partial charge in [-0.05, 0) is 19.1 Å². The van der Waals surface area contributed by atoms with Gasteiger partial charge in [0.25, 0.3) is 0 Å². The Hall–Kier alpha value is -2.47. The maximum atomic E-state index is 12.5. The van der Waals surface area contributed by atoms with Crippen molar-refractivity contribution in [3.63, 3.8) is 0 Å². The monoisotopic (exact) mass is 300 g/mol. The molecule has 2 aromatic heterocycles. The van der Waals surface area contributed by atoms with Crippen molar-refractivity contribution in [2.24, 2.45) is 0 Å². The minimum atomic E-state index is -0.542. The number of hydrogen-bond acceptors (Lipinski definition) is 5. The summed E-state index contributed by atoms with van der Waals surface area (Å²) in [5, 5.41) is 2.66. The summed E-state index contributed by atoms with van der Waals surface area (Å²) < 4.78 is 4.59. The third-order valence-corrected chi connectivity index (χ3v) is 4.02. The number of rotatable bonds is 3. The molecule has 0 unspecified atom stereocenters. The van der Waals surface area contributed by atoms with Crippen molar-refractivity contribution in [2.75, 3.05) is 7.11 Å². The summed E-state index contributed by atoms with van der Waals surface area (Å²) in [6.45, 7) is 1.97. The second-order valence-corrected chi connectivity index (χ2v) is 5.47. The van der Waals surface area contributed by atoms with Gasteiger partial charge in [-0.3, -0.25) is 4.79 Å². The molecule has 0 fully saturated rings. The molecule has 0 saturated carbocycles. The summed E-state index contributed by atoms with van der Waals surface area (Å²) in [7, 11) is 1.28. The quantitative estimate of drug-likeness (QED) is 0.596. The predicted octanol–water partition coefficient (Wildman–Crippen LogP) is 2.95. The fourth-order valence-electron chi connectivity index (χ4n) is 2.11. The fraction of sp³-hybridized carbons (Fsp3) is 0.133. The summed E-state index contributed by atoms with van der Waals surface area (Å²) in [5.74, 6) is -0.743. The molecular formula is C15H12N2O3S. The lowest BCUT2D eigenvalue weighted by Gasteiger charge is -1.97. The van der Waals surface area contributed by atoms with Gasteiger partial charge in [0.1, 0.15) is 0 Å². The summed E-state index contributed by atoms with van der Waals surface area (Å²) >= 11 is 1.14. The molecule has 0 radical (unpaired) electrons. The molecule has 5 nitrogen and oxygen atoms in total. The zero-order chi connectivity index (χ0) is 15.0. The van der Waals surface area contributed by atoms with Crippen molar-refractivity contribution in [1.29, 1.82) is 0 Å². The number of nitrogens with one attached hydrogen (secondary N) is 1. The average molecular weight is 300 g/mol. The summed E-state index contributed by atoms with van der Waals surface area (Å²) in [6, 6.07) is 5.86. The second kappa shape index (κ2) is 5.14. The molecule has 3 rings (SSSR count). The maximum absolute atomic E-state index is 12.5. The SMILES string of the molecule is COC(=O)c1csc(C(=O)c2c[nH]c3ccc(C)cc23)n1. The highest BCUT2D eigenvalue weighted by Crippen LogP contribution is 2.23. The molecule has 0 bridgehead atoms. The Balaban J connectivity index is 2.02. The van der Waals surface area contributed by atoms with Crippen molar-refractivity contribution in [3.05, 3.63) is 51.6 Å². The van der Waals surface area contributed by atoms with Crippen LogP contribution >= 0.6 is 11.3 Å². The number of benzene rings is 1. The minimum absolute atomic E-state index is 0.155. The van der Waals surface area contributed by atoms with Crippen molar-refractivity contribution < 1.29 is 14.3 Å². The zero-order valence-corrected chi connectivity index (χ0v) is 12.3. The normalized spacial score (nSPS) is 10.8. The van der Waals surface area contributed by atoms with Crippen LogP contribution in [0.15, 0.2) is 29.8 Å². The van der Waals surface area contributed by atoms with E-state index < -0.39 is 5.97 Å². The van der Waals surface area contributed by atoms with Crippen LogP contribution < -0.4 is 0 Å². The van der Waals surface area contributed by atoms with Gasteiger partial charge in [-0.1, -0.05) is 11.6 Å². The van der Waals surface area contributed by atoms with Crippen molar-refractivity contribution >= 4 is 34.0 Å². The number of aryl methyl sites for hydroxylation is 1. The molecule has 0 amide bonds. The predicted molar refractivity (Wildman–Crippen MR) is 79.9 cm³/mol. The molecule has 21 heavy (non-hydrogen) atoms. The Morgan fingerprint density at radius 1 is 1.33 bits per heavy atom. The van der Waals surface area contributed by atoms with Gasteiger partial charge in [-0.25, -0.2) is 9.78 Å². The molecule has 6 heteroatoms. The molecule has 0 aliphatic heterocycles. The fourth-order valence-corrected chi connectivity index (χ4v) is 2.85. The number of ether oxygens (including phenoxy) is 1. The van der Waals surface area contributed by atoms with Crippen LogP contribution in [0, 0.1) is 6.92 Å². The van der Waals surface area contributed by atoms with Crippen molar-refractivity contribution in [1.82, 2.24) is 9.97 Å². The smallest absolute Gasteiger partial charge is 0.357 e. The number of carbonyl (C=O) groups is 2. The van der Waals surface area contributed by atoms with E-state index in [1.807, 2.05) is 25.1 Å². The molecule has 0 aliphatic carbocycles. The first-order valence-corrected chi connectivity index (χ1v) is 7.14. The van der Waals surface area contributed by atoms with Crippen LogP contribution in [-0.4, -0.2) is 28.8 Å². The molecule has 0 aliphatic rings. The van der Waals surface area contributed by atoms with Crippen LogP contribution in [0.1, 0.15) is 31.4 Å². The molecule has 2 heterocycles. The first kappa shape index (κ1) is 13.5. The van der Waals surface area contributed by atoms with Gasteiger partial charge in [0.05, 0.1) is 12.7 Å². The molecule has 0 spiro atoms. The lowest BCUT2D eigenvalue weighted by atomic mass is 10.1. The first-order chi connectivity index (χ1) is 10.1. The number of thiazole rings is 1. The number of carbonyl (C=O) groups excluding carboxylic acids is 2. The van der Waals surface area contributed by atoms with E-state index in [0.717, 1.165) is 27.8 Å². The zero-order valence-electron chi connectivity index (χ0n) is 11.5. The number of esters is 1. The Morgan fingerprint density at radius 3 is 2.90 bits per heavy atom. The van der Waals surface area contributed by atoms with Crippen molar-refractivity contribution in [2.45, 2.75) is 6.92 Å². The Labute approximate surface area is 124 Å². The summed E-state index contributed by atoms with van der Waals surface area (Å²) in [5.41, 5.74) is 2.68. The number of ketones is 1. The molecule has 0 saturated heterocycles. The number of aromatic nitrogens is 2. The molecule has 1 N–H and O–H groups in total. The van der Waals surface area contributed by atoms with Gasteiger partial charge < -0.3 is 9.72 Å². The third kappa shape index (κ3) is 2.34. The van der Waals surface area contributed by atoms with E-state index in [-0.39, 0.29) is 16.5 Å². The third-order valence-electron chi connectivity index (χ3n) is 3.17. The van der Waals surface area contributed by atoms with Gasteiger partial charge in [-0.15, -0.1) is 11.3 Å².